The van der Waals surface area contributed by atoms with E-state index in [1.807, 2.05) is 6.92 Å². The average molecular weight is 302 g/mol. The highest BCUT2D eigenvalue weighted by Gasteiger charge is 2.58. The summed E-state index contributed by atoms with van der Waals surface area (Å²) >= 11 is 0. The third-order valence-corrected chi connectivity index (χ3v) is 7.14. The highest BCUT2D eigenvalue weighted by atomic mass is 16.3. The van der Waals surface area contributed by atoms with Crippen LogP contribution in [0.15, 0.2) is 23.8 Å². The number of allylic oxidation sites excluding steroid dienone is 4. The van der Waals surface area contributed by atoms with E-state index in [9.17, 15) is 9.90 Å². The summed E-state index contributed by atoms with van der Waals surface area (Å²) in [7, 11) is 0. The Bertz CT molecular complexity index is 506. The predicted molar refractivity (Wildman–Crippen MR) is 89.4 cm³/mol. The lowest BCUT2D eigenvalue weighted by molar-refractivity contribution is -0.107. The molecule has 0 saturated heterocycles. The highest BCUT2D eigenvalue weighted by molar-refractivity contribution is 5.67. The van der Waals surface area contributed by atoms with Gasteiger partial charge in [0.15, 0.2) is 0 Å². The number of aliphatic hydroxyl groups excluding tert-OH is 1. The summed E-state index contributed by atoms with van der Waals surface area (Å²) in [6.45, 7) is 6.68. The fourth-order valence-electron chi connectivity index (χ4n) is 6.32. The molecule has 3 aliphatic rings. The Balaban J connectivity index is 2.03. The van der Waals surface area contributed by atoms with Gasteiger partial charge in [-0.05, 0) is 62.4 Å². The Kier molecular flexibility index (Phi) is 4.09. The van der Waals surface area contributed by atoms with Crippen LogP contribution in [0.25, 0.3) is 0 Å². The van der Waals surface area contributed by atoms with Crippen LogP contribution in [0.5, 0.6) is 0 Å². The van der Waals surface area contributed by atoms with Gasteiger partial charge in [0.25, 0.3) is 0 Å². The molecule has 0 spiro atoms. The third kappa shape index (κ3) is 2.22. The molecule has 0 heterocycles. The molecule has 1 N–H and O–H groups in total. The first-order valence-corrected chi connectivity index (χ1v) is 8.93. The van der Waals surface area contributed by atoms with Crippen LogP contribution < -0.4 is 0 Å². The molecule has 0 amide bonds. The smallest absolute Gasteiger partial charge is 0.142 e. The number of fused-ring (bicyclic) bond motifs is 3. The number of rotatable bonds is 2. The number of carbonyl (C=O) groups is 1. The lowest BCUT2D eigenvalue weighted by Gasteiger charge is -2.57. The van der Waals surface area contributed by atoms with Crippen molar-refractivity contribution in [3.63, 3.8) is 0 Å². The molecule has 6 unspecified atom stereocenters. The lowest BCUT2D eigenvalue weighted by Crippen LogP contribution is -2.54. The zero-order valence-electron chi connectivity index (χ0n) is 14.2. The van der Waals surface area contributed by atoms with E-state index in [1.165, 1.54) is 24.8 Å². The minimum atomic E-state index is -0.249. The summed E-state index contributed by atoms with van der Waals surface area (Å²) in [5.74, 6) is 1.62. The molecule has 22 heavy (non-hydrogen) atoms. The molecular weight excluding hydrogens is 272 g/mol. The van der Waals surface area contributed by atoms with Gasteiger partial charge in [-0.2, -0.15) is 0 Å². The van der Waals surface area contributed by atoms with Crippen LogP contribution in [0.3, 0.4) is 0 Å². The van der Waals surface area contributed by atoms with Crippen LogP contribution in [0.2, 0.25) is 0 Å². The summed E-state index contributed by atoms with van der Waals surface area (Å²) in [4.78, 5) is 11.1. The minimum absolute atomic E-state index is 0.165. The standard InChI is InChI=1S/C20H30O2/c1-4-10-20(3)14(9-12-21)7-8-15-16-6-5-11-19(16,2)13-17(22)18(15)20/h4,9-10,12,15-18,22H,5-8,11,13H2,1-3H3/b10-4-,14-9-. The van der Waals surface area contributed by atoms with Crippen LogP contribution in [-0.2, 0) is 4.79 Å². The molecule has 0 aromatic carbocycles. The number of carbonyl (C=O) groups excluding carboxylic acids is 1. The molecule has 0 aliphatic heterocycles. The Morgan fingerprint density at radius 3 is 2.73 bits per heavy atom. The SMILES string of the molecule is C/C=C\C1(C)/C(=C\C=O)CCC2C3CCCC3(C)CC(O)C21. The van der Waals surface area contributed by atoms with Gasteiger partial charge in [-0.15, -0.1) is 0 Å². The number of aliphatic hydroxyl groups is 1. The topological polar surface area (TPSA) is 37.3 Å². The van der Waals surface area contributed by atoms with Crippen molar-refractivity contribution in [2.24, 2.45) is 28.6 Å². The maximum absolute atomic E-state index is 11.1. The second-order valence-electron chi connectivity index (χ2n) is 8.26. The van der Waals surface area contributed by atoms with Crippen LogP contribution in [0.1, 0.15) is 59.3 Å². The summed E-state index contributed by atoms with van der Waals surface area (Å²) in [5, 5.41) is 11.0. The Morgan fingerprint density at radius 1 is 1.27 bits per heavy atom. The Morgan fingerprint density at radius 2 is 2.05 bits per heavy atom. The van der Waals surface area contributed by atoms with Gasteiger partial charge in [-0.1, -0.05) is 38.0 Å². The van der Waals surface area contributed by atoms with Gasteiger partial charge in [0.05, 0.1) is 6.10 Å². The summed E-state index contributed by atoms with van der Waals surface area (Å²) in [5.41, 5.74) is 1.38. The van der Waals surface area contributed by atoms with Crippen molar-refractivity contribution in [2.45, 2.75) is 65.4 Å². The molecular formula is C20H30O2. The lowest BCUT2D eigenvalue weighted by atomic mass is 9.48. The van der Waals surface area contributed by atoms with Crippen LogP contribution >= 0.6 is 0 Å². The van der Waals surface area contributed by atoms with Crippen molar-refractivity contribution < 1.29 is 9.90 Å². The van der Waals surface area contributed by atoms with Crippen molar-refractivity contribution in [1.82, 2.24) is 0 Å². The number of hydrogen-bond acceptors (Lipinski definition) is 2. The van der Waals surface area contributed by atoms with Crippen molar-refractivity contribution in [1.29, 1.82) is 0 Å². The van der Waals surface area contributed by atoms with Gasteiger partial charge in [0.1, 0.15) is 6.29 Å². The first-order valence-electron chi connectivity index (χ1n) is 8.93. The molecule has 0 aromatic rings. The van der Waals surface area contributed by atoms with Gasteiger partial charge in [0.2, 0.25) is 0 Å². The number of aldehydes is 1. The minimum Gasteiger partial charge on any atom is -0.393 e. The predicted octanol–water partition coefficient (Wildman–Crippen LogP) is 4.29. The Labute approximate surface area is 134 Å². The third-order valence-electron chi connectivity index (χ3n) is 7.14. The quantitative estimate of drug-likeness (QED) is 0.469. The van der Waals surface area contributed by atoms with E-state index in [0.29, 0.717) is 11.3 Å². The molecule has 3 fully saturated rings. The van der Waals surface area contributed by atoms with E-state index < -0.39 is 0 Å². The second kappa shape index (κ2) is 5.63. The first-order chi connectivity index (χ1) is 10.5. The fraction of sp³-hybridized carbons (Fsp3) is 0.750. The average Bonchev–Trinajstić information content (AvgIpc) is 2.83. The van der Waals surface area contributed by atoms with Gasteiger partial charge < -0.3 is 5.11 Å². The van der Waals surface area contributed by atoms with Gasteiger partial charge in [0, 0.05) is 11.3 Å². The molecule has 3 aliphatic carbocycles. The maximum atomic E-state index is 11.1. The maximum Gasteiger partial charge on any atom is 0.142 e. The summed E-state index contributed by atoms with van der Waals surface area (Å²) < 4.78 is 0. The van der Waals surface area contributed by atoms with E-state index in [4.69, 9.17) is 0 Å². The molecule has 0 aromatic heterocycles. The first kappa shape index (κ1) is 16.0. The number of hydrogen-bond donors (Lipinski definition) is 1. The van der Waals surface area contributed by atoms with Gasteiger partial charge in [-0.25, -0.2) is 0 Å². The van der Waals surface area contributed by atoms with E-state index >= 15 is 0 Å². The molecule has 3 rings (SSSR count). The van der Waals surface area contributed by atoms with Crippen LogP contribution in [0, 0.1) is 28.6 Å². The Hall–Kier alpha value is -0.890. The molecule has 2 heteroatoms. The van der Waals surface area contributed by atoms with Crippen LogP contribution in [-0.4, -0.2) is 17.5 Å². The van der Waals surface area contributed by atoms with Crippen molar-refractivity contribution in [3.8, 4) is 0 Å². The van der Waals surface area contributed by atoms with Gasteiger partial charge in [-0.3, -0.25) is 4.79 Å². The monoisotopic (exact) mass is 302 g/mol. The van der Waals surface area contributed by atoms with E-state index in [-0.39, 0.29) is 17.4 Å². The van der Waals surface area contributed by atoms with E-state index in [0.717, 1.165) is 31.5 Å². The van der Waals surface area contributed by atoms with E-state index in [1.54, 1.807) is 6.08 Å². The van der Waals surface area contributed by atoms with Crippen molar-refractivity contribution >= 4 is 6.29 Å². The molecule has 3 saturated carbocycles. The van der Waals surface area contributed by atoms with Crippen LogP contribution in [0.4, 0.5) is 0 Å². The summed E-state index contributed by atoms with van der Waals surface area (Å²) in [6.07, 6.45) is 13.7. The fourth-order valence-corrected chi connectivity index (χ4v) is 6.32. The molecule has 0 radical (unpaired) electrons. The zero-order chi connectivity index (χ0) is 16.0. The zero-order valence-corrected chi connectivity index (χ0v) is 14.2. The molecule has 0 bridgehead atoms. The molecule has 6 atom stereocenters. The largest absolute Gasteiger partial charge is 0.393 e. The van der Waals surface area contributed by atoms with Gasteiger partial charge >= 0.3 is 0 Å². The molecule has 2 nitrogen and oxygen atoms in total. The normalized spacial score (nSPS) is 50.1. The van der Waals surface area contributed by atoms with Crippen molar-refractivity contribution in [2.75, 3.05) is 0 Å². The highest BCUT2D eigenvalue weighted by Crippen LogP contribution is 2.63. The summed E-state index contributed by atoms with van der Waals surface area (Å²) in [6, 6.07) is 0. The van der Waals surface area contributed by atoms with E-state index in [2.05, 4.69) is 26.0 Å². The van der Waals surface area contributed by atoms with Crippen molar-refractivity contribution in [3.05, 3.63) is 23.8 Å². The second-order valence-corrected chi connectivity index (χ2v) is 8.26. The molecule has 122 valence electrons.